The largest absolute Gasteiger partial charge is 0.542 e. The van der Waals surface area contributed by atoms with Crippen molar-refractivity contribution in [2.75, 3.05) is 39.3 Å². The van der Waals surface area contributed by atoms with Crippen LogP contribution in [0.5, 0.6) is 0 Å². The molecule has 12 heteroatoms. The van der Waals surface area contributed by atoms with Crippen LogP contribution in [0.2, 0.25) is 0 Å². The number of esters is 1. The summed E-state index contributed by atoms with van der Waals surface area (Å²) in [7, 11) is 0. The lowest BCUT2D eigenvalue weighted by Gasteiger charge is -2.52. The SMILES string of the molecule is O=C(NCC[N+]12CCC(CC1)[C@@H](OC(=O)C(O)(c1ccccc1)c1ccccc1)C2)[C@@H]1CCCCN1.O=C([O-])C(F)(F)F. The number of carboxylic acid groups (broad SMARTS) is 1. The van der Waals surface area contributed by atoms with E-state index in [1.54, 1.807) is 24.3 Å². The molecule has 1 amide bonds. The van der Waals surface area contributed by atoms with E-state index in [0.29, 0.717) is 23.6 Å². The fourth-order valence-corrected chi connectivity index (χ4v) is 6.27. The highest BCUT2D eigenvalue weighted by Gasteiger charge is 2.50. The van der Waals surface area contributed by atoms with E-state index in [1.807, 2.05) is 36.4 Å². The van der Waals surface area contributed by atoms with Crippen molar-refractivity contribution in [3.8, 4) is 0 Å². The molecule has 0 aromatic heterocycles. The molecule has 0 saturated carbocycles. The van der Waals surface area contributed by atoms with Gasteiger partial charge in [-0.25, -0.2) is 4.79 Å². The first-order valence-electron chi connectivity index (χ1n) is 14.6. The number of carbonyl (C=O) groups is 3. The number of quaternary nitrogens is 1. The molecule has 4 saturated heterocycles. The molecular weight excluding hydrogens is 567 g/mol. The highest BCUT2D eigenvalue weighted by atomic mass is 19.4. The third-order valence-corrected chi connectivity index (χ3v) is 8.72. The molecule has 9 nitrogen and oxygen atoms in total. The third kappa shape index (κ3) is 7.92. The van der Waals surface area contributed by atoms with Gasteiger partial charge in [-0.3, -0.25) is 4.79 Å². The summed E-state index contributed by atoms with van der Waals surface area (Å²) < 4.78 is 38.5. The Hall–Kier alpha value is -3.48. The van der Waals surface area contributed by atoms with Crippen molar-refractivity contribution in [3.63, 3.8) is 0 Å². The third-order valence-electron chi connectivity index (χ3n) is 8.72. The predicted octanol–water partition coefficient (Wildman–Crippen LogP) is 1.63. The van der Waals surface area contributed by atoms with Gasteiger partial charge in [0.1, 0.15) is 12.5 Å². The summed E-state index contributed by atoms with van der Waals surface area (Å²) in [5, 5.41) is 27.0. The Morgan fingerprint density at radius 3 is 2.00 bits per heavy atom. The normalized spacial score (nSPS) is 25.2. The number of hydrogen-bond acceptors (Lipinski definition) is 7. The van der Waals surface area contributed by atoms with Gasteiger partial charge in [-0.2, -0.15) is 13.2 Å². The second-order valence-corrected chi connectivity index (χ2v) is 11.5. The summed E-state index contributed by atoms with van der Waals surface area (Å²) in [4.78, 5) is 35.0. The standard InChI is InChI=1S/C29H37N3O4.C2HF3O2/c33-27(25-13-7-8-16-30-25)31-17-20-32-18-14-22(15-19-32)26(21-32)36-28(34)29(35,23-9-3-1-4-10-23)24-11-5-2-6-12-24;3-2(4,5)1(6)7/h1-6,9-12,22,25-26,30,35H,7-8,13-21H2;(H,6,7)/t22?,25-,26-,32?;/m0./s1. The second-order valence-electron chi connectivity index (χ2n) is 11.5. The Kier molecular flexibility index (Phi) is 10.5. The maximum Gasteiger partial charge on any atom is 0.430 e. The molecule has 2 atom stereocenters. The molecule has 2 aromatic rings. The van der Waals surface area contributed by atoms with Crippen molar-refractivity contribution in [1.29, 1.82) is 0 Å². The molecule has 6 rings (SSSR count). The molecular formula is C31H38F3N3O6. The number of nitrogens with one attached hydrogen (secondary N) is 2. The van der Waals surface area contributed by atoms with Crippen LogP contribution in [-0.2, 0) is 24.7 Å². The van der Waals surface area contributed by atoms with Gasteiger partial charge in [0.05, 0.1) is 32.2 Å². The van der Waals surface area contributed by atoms with E-state index in [-0.39, 0.29) is 18.1 Å². The fourth-order valence-electron chi connectivity index (χ4n) is 6.27. The minimum atomic E-state index is -5.19. The van der Waals surface area contributed by atoms with Crippen molar-refractivity contribution >= 4 is 17.8 Å². The number of amides is 1. The first-order chi connectivity index (χ1) is 20.4. The van der Waals surface area contributed by atoms with Crippen LogP contribution >= 0.6 is 0 Å². The zero-order chi connectivity index (χ0) is 31.1. The van der Waals surface area contributed by atoms with E-state index in [4.69, 9.17) is 14.6 Å². The van der Waals surface area contributed by atoms with Crippen LogP contribution in [0, 0.1) is 5.92 Å². The molecule has 4 heterocycles. The zero-order valence-electron chi connectivity index (χ0n) is 23.9. The van der Waals surface area contributed by atoms with Crippen LogP contribution in [0.1, 0.15) is 43.2 Å². The number of alkyl halides is 3. The maximum absolute atomic E-state index is 13.7. The van der Waals surface area contributed by atoms with E-state index >= 15 is 0 Å². The number of carboxylic acids is 1. The molecule has 0 aliphatic carbocycles. The number of nitrogens with zero attached hydrogens (tertiary/aromatic N) is 1. The Bertz CT molecular complexity index is 1190. The number of carbonyl (C=O) groups excluding carboxylic acids is 3. The van der Waals surface area contributed by atoms with E-state index in [0.717, 1.165) is 69.3 Å². The van der Waals surface area contributed by atoms with Gasteiger partial charge in [0, 0.05) is 18.8 Å². The summed E-state index contributed by atoms with van der Waals surface area (Å²) in [6, 6.07) is 18.0. The molecule has 43 heavy (non-hydrogen) atoms. The van der Waals surface area contributed by atoms with Crippen LogP contribution in [0.4, 0.5) is 13.2 Å². The molecule has 4 fully saturated rings. The minimum Gasteiger partial charge on any atom is -0.542 e. The fraction of sp³-hybridized carbons (Fsp3) is 0.516. The van der Waals surface area contributed by atoms with Gasteiger partial charge < -0.3 is 34.9 Å². The minimum absolute atomic E-state index is 0.0757. The number of fused-ring (bicyclic) bond motifs is 3. The average Bonchev–Trinajstić information content (AvgIpc) is 3.02. The van der Waals surface area contributed by atoms with E-state index < -0.39 is 23.7 Å². The number of rotatable bonds is 8. The molecule has 2 bridgehead atoms. The molecule has 3 N–H and O–H groups in total. The highest BCUT2D eigenvalue weighted by molar-refractivity contribution is 5.85. The summed E-state index contributed by atoms with van der Waals surface area (Å²) in [6.45, 7) is 5.18. The first kappa shape index (κ1) is 32.4. The second kappa shape index (κ2) is 13.9. The number of piperidine rings is 4. The lowest BCUT2D eigenvalue weighted by atomic mass is 9.82. The van der Waals surface area contributed by atoms with Crippen LogP contribution < -0.4 is 15.7 Å². The topological polar surface area (TPSA) is 128 Å². The number of hydrogen-bond donors (Lipinski definition) is 3. The monoisotopic (exact) mass is 605 g/mol. The molecule has 0 spiro atoms. The van der Waals surface area contributed by atoms with Gasteiger partial charge in [-0.15, -0.1) is 0 Å². The van der Waals surface area contributed by atoms with Crippen LogP contribution in [-0.4, -0.2) is 85.0 Å². The molecule has 4 aliphatic rings. The van der Waals surface area contributed by atoms with Gasteiger partial charge in [-0.05, 0) is 30.5 Å². The first-order valence-corrected chi connectivity index (χ1v) is 14.6. The van der Waals surface area contributed by atoms with E-state index in [2.05, 4.69) is 10.6 Å². The van der Waals surface area contributed by atoms with Crippen molar-refractivity contribution in [2.24, 2.45) is 5.92 Å². The Labute approximate surface area is 248 Å². The molecule has 234 valence electrons. The lowest BCUT2D eigenvalue weighted by molar-refractivity contribution is -0.945. The van der Waals surface area contributed by atoms with Crippen molar-refractivity contribution in [3.05, 3.63) is 71.8 Å². The summed E-state index contributed by atoms with van der Waals surface area (Å²) in [5.74, 6) is -3.22. The highest BCUT2D eigenvalue weighted by Crippen LogP contribution is 2.38. The van der Waals surface area contributed by atoms with Gasteiger partial charge in [0.15, 0.2) is 6.10 Å². The summed E-state index contributed by atoms with van der Waals surface area (Å²) in [6.07, 6.45) is -0.324. The van der Waals surface area contributed by atoms with Crippen LogP contribution in [0.15, 0.2) is 60.7 Å². The number of aliphatic carboxylic acids is 1. The number of halogens is 3. The molecule has 0 radical (unpaired) electrons. The number of ether oxygens (including phenoxy) is 1. The average molecular weight is 606 g/mol. The smallest absolute Gasteiger partial charge is 0.430 e. The number of aliphatic hydroxyl groups is 1. The van der Waals surface area contributed by atoms with Crippen LogP contribution in [0.25, 0.3) is 0 Å². The Morgan fingerprint density at radius 1 is 0.953 bits per heavy atom. The van der Waals surface area contributed by atoms with Gasteiger partial charge in [-0.1, -0.05) is 67.1 Å². The van der Waals surface area contributed by atoms with Crippen molar-refractivity contribution in [1.82, 2.24) is 10.6 Å². The lowest BCUT2D eigenvalue weighted by Crippen LogP contribution is -2.66. The quantitative estimate of drug-likeness (QED) is 0.308. The predicted molar refractivity (Wildman–Crippen MR) is 148 cm³/mol. The Balaban J connectivity index is 0.000000541. The van der Waals surface area contributed by atoms with E-state index in [9.17, 15) is 27.9 Å². The van der Waals surface area contributed by atoms with Crippen LogP contribution in [0.3, 0.4) is 0 Å². The number of benzene rings is 2. The zero-order valence-corrected chi connectivity index (χ0v) is 23.9. The molecule has 0 unspecified atom stereocenters. The Morgan fingerprint density at radius 2 is 1.51 bits per heavy atom. The van der Waals surface area contributed by atoms with E-state index in [1.165, 1.54) is 0 Å². The maximum atomic E-state index is 13.7. The van der Waals surface area contributed by atoms with Gasteiger partial charge in [0.25, 0.3) is 0 Å². The van der Waals surface area contributed by atoms with Gasteiger partial charge in [0.2, 0.25) is 11.5 Å². The van der Waals surface area contributed by atoms with Gasteiger partial charge >= 0.3 is 12.1 Å². The molecule has 4 aliphatic heterocycles. The summed E-state index contributed by atoms with van der Waals surface area (Å²) in [5.41, 5.74) is -0.851. The molecule has 2 aromatic carbocycles. The summed E-state index contributed by atoms with van der Waals surface area (Å²) >= 11 is 0. The van der Waals surface area contributed by atoms with Crippen molar-refractivity contribution < 1.29 is 47.0 Å². The van der Waals surface area contributed by atoms with Crippen molar-refractivity contribution in [2.45, 2.75) is 56.0 Å².